The van der Waals surface area contributed by atoms with Crippen molar-refractivity contribution >= 4 is 34.2 Å². The highest BCUT2D eigenvalue weighted by Gasteiger charge is 2.08. The summed E-state index contributed by atoms with van der Waals surface area (Å²) in [6.45, 7) is 0.524. The lowest BCUT2D eigenvalue weighted by Crippen LogP contribution is -2.30. The van der Waals surface area contributed by atoms with Gasteiger partial charge in [0, 0.05) is 28.7 Å². The summed E-state index contributed by atoms with van der Waals surface area (Å²) in [5.74, 6) is 0.561. The molecule has 3 rings (SSSR count). The molecular weight excluding hydrogens is 326 g/mol. The van der Waals surface area contributed by atoms with Crippen molar-refractivity contribution in [3.05, 3.63) is 59.2 Å². The first-order valence-corrected chi connectivity index (χ1v) is 7.98. The minimum Gasteiger partial charge on any atom is -0.495 e. The zero-order chi connectivity index (χ0) is 16.9. The second-order valence-electron chi connectivity index (χ2n) is 5.34. The quantitative estimate of drug-likeness (QED) is 0.650. The summed E-state index contributed by atoms with van der Waals surface area (Å²) in [7, 11) is 1.54. The van der Waals surface area contributed by atoms with Crippen molar-refractivity contribution in [3.63, 3.8) is 0 Å². The zero-order valence-electron chi connectivity index (χ0n) is 13.2. The normalized spacial score (nSPS) is 10.6. The highest BCUT2D eigenvalue weighted by molar-refractivity contribution is 6.31. The largest absolute Gasteiger partial charge is 0.495 e. The summed E-state index contributed by atoms with van der Waals surface area (Å²) >= 11 is 5.95. The van der Waals surface area contributed by atoms with Crippen LogP contribution < -0.4 is 15.4 Å². The van der Waals surface area contributed by atoms with Gasteiger partial charge in [0.25, 0.3) is 0 Å². The van der Waals surface area contributed by atoms with Crippen LogP contribution in [0.5, 0.6) is 5.75 Å². The first kappa shape index (κ1) is 16.2. The molecule has 2 aromatic carbocycles. The number of H-pyrrole nitrogens is 1. The van der Waals surface area contributed by atoms with E-state index in [0.29, 0.717) is 23.0 Å². The van der Waals surface area contributed by atoms with Gasteiger partial charge < -0.3 is 20.4 Å². The number of amides is 2. The molecule has 1 heterocycles. The van der Waals surface area contributed by atoms with Gasteiger partial charge in [0.15, 0.2) is 0 Å². The van der Waals surface area contributed by atoms with E-state index in [-0.39, 0.29) is 6.03 Å². The van der Waals surface area contributed by atoms with E-state index in [4.69, 9.17) is 16.3 Å². The molecule has 3 aromatic rings. The molecule has 0 radical (unpaired) electrons. The Morgan fingerprint density at radius 3 is 2.92 bits per heavy atom. The lowest BCUT2D eigenvalue weighted by molar-refractivity contribution is 0.252. The number of ether oxygens (including phenoxy) is 1. The topological polar surface area (TPSA) is 66.2 Å². The Morgan fingerprint density at radius 2 is 2.08 bits per heavy atom. The maximum atomic E-state index is 12.1. The summed E-state index contributed by atoms with van der Waals surface area (Å²) in [5, 5.41) is 7.30. The summed E-state index contributed by atoms with van der Waals surface area (Å²) in [5.41, 5.74) is 2.81. The number of nitrogens with one attached hydrogen (secondary N) is 3. The molecule has 0 aliphatic rings. The van der Waals surface area contributed by atoms with Crippen LogP contribution in [-0.4, -0.2) is 24.7 Å². The first-order chi connectivity index (χ1) is 11.7. The molecule has 0 unspecified atom stereocenters. The highest BCUT2D eigenvalue weighted by atomic mass is 35.5. The Bertz CT molecular complexity index is 860. The molecule has 0 aliphatic carbocycles. The SMILES string of the molecule is COc1ccc(Cl)cc1NC(=O)NCCc1c[nH]c2ccccc12. The van der Waals surface area contributed by atoms with Crippen molar-refractivity contribution in [2.45, 2.75) is 6.42 Å². The van der Waals surface area contributed by atoms with E-state index in [1.54, 1.807) is 25.3 Å². The molecule has 0 spiro atoms. The molecule has 5 nitrogen and oxygen atoms in total. The number of carbonyl (C=O) groups excluding carboxylic acids is 1. The maximum Gasteiger partial charge on any atom is 0.319 e. The third-order valence-corrected chi connectivity index (χ3v) is 4.00. The molecule has 1 aromatic heterocycles. The van der Waals surface area contributed by atoms with E-state index in [1.165, 1.54) is 10.9 Å². The molecule has 0 atom stereocenters. The Hall–Kier alpha value is -2.66. The second-order valence-corrected chi connectivity index (χ2v) is 5.77. The predicted octanol–water partition coefficient (Wildman–Crippen LogP) is 4.19. The Balaban J connectivity index is 1.57. The highest BCUT2D eigenvalue weighted by Crippen LogP contribution is 2.27. The zero-order valence-corrected chi connectivity index (χ0v) is 14.0. The number of benzene rings is 2. The molecule has 6 heteroatoms. The molecule has 3 N–H and O–H groups in total. The van der Waals surface area contributed by atoms with E-state index in [1.807, 2.05) is 24.4 Å². The van der Waals surface area contributed by atoms with Crippen molar-refractivity contribution in [2.24, 2.45) is 0 Å². The summed E-state index contributed by atoms with van der Waals surface area (Å²) in [6.07, 6.45) is 2.72. The number of fused-ring (bicyclic) bond motifs is 1. The van der Waals surface area contributed by atoms with E-state index in [9.17, 15) is 4.79 Å². The molecule has 0 saturated carbocycles. The maximum absolute atomic E-state index is 12.1. The van der Waals surface area contributed by atoms with Crippen LogP contribution in [0.3, 0.4) is 0 Å². The number of aromatic nitrogens is 1. The molecule has 0 fully saturated rings. The Labute approximate surface area is 145 Å². The number of para-hydroxylation sites is 1. The summed E-state index contributed by atoms with van der Waals surface area (Å²) < 4.78 is 5.21. The fraction of sp³-hybridized carbons (Fsp3) is 0.167. The van der Waals surface area contributed by atoms with Crippen molar-refractivity contribution in [3.8, 4) is 5.75 Å². The number of anilines is 1. The van der Waals surface area contributed by atoms with Gasteiger partial charge in [0.2, 0.25) is 0 Å². The van der Waals surface area contributed by atoms with Crippen LogP contribution in [0.4, 0.5) is 10.5 Å². The molecule has 0 bridgehead atoms. The van der Waals surface area contributed by atoms with Crippen LogP contribution in [0.15, 0.2) is 48.7 Å². The van der Waals surface area contributed by atoms with Crippen molar-refractivity contribution in [2.75, 3.05) is 19.0 Å². The standard InChI is InChI=1S/C18H18ClN3O2/c1-24-17-7-6-13(19)10-16(17)22-18(23)20-9-8-12-11-21-15-5-3-2-4-14(12)15/h2-7,10-11,21H,8-9H2,1H3,(H2,20,22,23). The number of hydrogen-bond acceptors (Lipinski definition) is 2. The monoisotopic (exact) mass is 343 g/mol. The molecule has 0 saturated heterocycles. The van der Waals surface area contributed by atoms with Crippen molar-refractivity contribution in [1.29, 1.82) is 0 Å². The fourth-order valence-corrected chi connectivity index (χ4v) is 2.77. The number of hydrogen-bond donors (Lipinski definition) is 3. The van der Waals surface area contributed by atoms with Gasteiger partial charge in [-0.25, -0.2) is 4.79 Å². The van der Waals surface area contributed by atoms with E-state index in [2.05, 4.69) is 21.7 Å². The van der Waals surface area contributed by atoms with E-state index < -0.39 is 0 Å². The third-order valence-electron chi connectivity index (χ3n) is 3.76. The Kier molecular flexibility index (Phi) is 4.91. The fourth-order valence-electron chi connectivity index (χ4n) is 2.59. The number of methoxy groups -OCH3 is 1. The minimum absolute atomic E-state index is 0.296. The van der Waals surface area contributed by atoms with Gasteiger partial charge in [0.1, 0.15) is 5.75 Å². The van der Waals surface area contributed by atoms with E-state index >= 15 is 0 Å². The van der Waals surface area contributed by atoms with Gasteiger partial charge in [0.05, 0.1) is 12.8 Å². The molecule has 124 valence electrons. The molecular formula is C18H18ClN3O2. The van der Waals surface area contributed by atoms with Crippen LogP contribution in [0.2, 0.25) is 5.02 Å². The Morgan fingerprint density at radius 1 is 1.25 bits per heavy atom. The predicted molar refractivity (Wildman–Crippen MR) is 97.0 cm³/mol. The second kappa shape index (κ2) is 7.27. The average Bonchev–Trinajstić information content (AvgIpc) is 2.98. The number of aromatic amines is 1. The smallest absolute Gasteiger partial charge is 0.319 e. The lowest BCUT2D eigenvalue weighted by Gasteiger charge is -2.11. The van der Waals surface area contributed by atoms with Gasteiger partial charge in [-0.15, -0.1) is 0 Å². The lowest BCUT2D eigenvalue weighted by atomic mass is 10.1. The van der Waals surface area contributed by atoms with Crippen molar-refractivity contribution in [1.82, 2.24) is 10.3 Å². The summed E-state index contributed by atoms with van der Waals surface area (Å²) in [6, 6.07) is 12.9. The van der Waals surface area contributed by atoms with Crippen LogP contribution in [0, 0.1) is 0 Å². The molecule has 0 aliphatic heterocycles. The number of halogens is 1. The first-order valence-electron chi connectivity index (χ1n) is 7.61. The third kappa shape index (κ3) is 3.63. The van der Waals surface area contributed by atoms with Crippen LogP contribution in [0.25, 0.3) is 10.9 Å². The van der Waals surface area contributed by atoms with Crippen molar-refractivity contribution < 1.29 is 9.53 Å². The minimum atomic E-state index is -0.296. The van der Waals surface area contributed by atoms with Crippen LogP contribution >= 0.6 is 11.6 Å². The number of carbonyl (C=O) groups is 1. The number of urea groups is 1. The molecule has 2 amide bonds. The van der Waals surface area contributed by atoms with Crippen LogP contribution in [0.1, 0.15) is 5.56 Å². The van der Waals surface area contributed by atoms with E-state index in [0.717, 1.165) is 11.9 Å². The molecule has 24 heavy (non-hydrogen) atoms. The van der Waals surface area contributed by atoms with Gasteiger partial charge in [-0.1, -0.05) is 29.8 Å². The van der Waals surface area contributed by atoms with Gasteiger partial charge in [-0.3, -0.25) is 0 Å². The van der Waals surface area contributed by atoms with Gasteiger partial charge in [-0.2, -0.15) is 0 Å². The average molecular weight is 344 g/mol. The van der Waals surface area contributed by atoms with Gasteiger partial charge in [-0.05, 0) is 36.2 Å². The summed E-state index contributed by atoms with van der Waals surface area (Å²) in [4.78, 5) is 15.3. The van der Waals surface area contributed by atoms with Gasteiger partial charge >= 0.3 is 6.03 Å². The van der Waals surface area contributed by atoms with Crippen LogP contribution in [-0.2, 0) is 6.42 Å². The number of rotatable bonds is 5.